The molecular weight excluding hydrogens is 630 g/mol. The molecule has 3 aromatic carbocycles. The predicted molar refractivity (Wildman–Crippen MR) is 170 cm³/mol. The van der Waals surface area contributed by atoms with Gasteiger partial charge in [-0.1, -0.05) is 72.6 Å². The Kier molecular flexibility index (Phi) is 12.0. The number of morpholine rings is 1. The molecule has 2 fully saturated rings. The minimum Gasteiger partial charge on any atom is -0.394 e. The minimum atomic E-state index is -3.86. The third-order valence-electron chi connectivity index (χ3n) is 7.62. The predicted octanol–water partition coefficient (Wildman–Crippen LogP) is 5.61. The molecule has 1 amide bonds. The van der Waals surface area contributed by atoms with Gasteiger partial charge in [0, 0.05) is 16.5 Å². The van der Waals surface area contributed by atoms with Gasteiger partial charge >= 0.3 is 0 Å². The molecule has 1 aliphatic heterocycles. The zero-order valence-corrected chi connectivity index (χ0v) is 26.6. The van der Waals surface area contributed by atoms with Crippen molar-refractivity contribution in [3.8, 4) is 0 Å². The largest absolute Gasteiger partial charge is 0.394 e. The van der Waals surface area contributed by atoms with Gasteiger partial charge in [0.05, 0.1) is 48.9 Å². The molecule has 4 atom stereocenters. The monoisotopic (exact) mass is 666 g/mol. The SMILES string of the molecule is CCC(CN(c1ccccc1F)S(=O)(=O)C1CC1)N1C(=O)C(CC(O)CO)OCC1c1ccc(Cl)cc1.Clc1ccccc1. The van der Waals surface area contributed by atoms with Crippen LogP contribution in [0.25, 0.3) is 0 Å². The summed E-state index contributed by atoms with van der Waals surface area (Å²) in [5, 5.41) is 20.0. The van der Waals surface area contributed by atoms with Crippen molar-refractivity contribution in [2.75, 3.05) is 24.1 Å². The second-order valence-electron chi connectivity index (χ2n) is 10.8. The smallest absolute Gasteiger partial charge is 0.252 e. The summed E-state index contributed by atoms with van der Waals surface area (Å²) < 4.78 is 48.7. The highest BCUT2D eigenvalue weighted by molar-refractivity contribution is 7.93. The number of ether oxygens (including phenoxy) is 1. The first kappa shape index (κ1) is 34.1. The Labute approximate surface area is 268 Å². The fourth-order valence-corrected chi connectivity index (χ4v) is 7.27. The van der Waals surface area contributed by atoms with Gasteiger partial charge in [0.15, 0.2) is 0 Å². The molecule has 2 N–H and O–H groups in total. The van der Waals surface area contributed by atoms with Crippen molar-refractivity contribution in [1.29, 1.82) is 0 Å². The Bertz CT molecular complexity index is 1480. The first-order valence-electron chi connectivity index (χ1n) is 14.5. The van der Waals surface area contributed by atoms with Gasteiger partial charge < -0.3 is 19.8 Å². The van der Waals surface area contributed by atoms with Crippen molar-refractivity contribution in [2.24, 2.45) is 0 Å². The fourth-order valence-electron chi connectivity index (χ4n) is 5.10. The normalized spacial score (nSPS) is 20.0. The van der Waals surface area contributed by atoms with E-state index in [0.29, 0.717) is 24.3 Å². The number of benzene rings is 3. The second-order valence-corrected chi connectivity index (χ2v) is 13.8. The maximum Gasteiger partial charge on any atom is 0.252 e. The van der Waals surface area contributed by atoms with Gasteiger partial charge in [-0.15, -0.1) is 0 Å². The first-order chi connectivity index (χ1) is 21.1. The molecule has 0 radical (unpaired) electrons. The molecule has 4 unspecified atom stereocenters. The highest BCUT2D eigenvalue weighted by atomic mass is 35.5. The Morgan fingerprint density at radius 2 is 1.61 bits per heavy atom. The summed E-state index contributed by atoms with van der Waals surface area (Å²) in [6.07, 6.45) is -0.859. The summed E-state index contributed by atoms with van der Waals surface area (Å²) >= 11 is 11.6. The topological polar surface area (TPSA) is 107 Å². The lowest BCUT2D eigenvalue weighted by atomic mass is 9.98. The Hall–Kier alpha value is -2.73. The summed E-state index contributed by atoms with van der Waals surface area (Å²) in [5.74, 6) is -1.09. The number of aliphatic hydroxyl groups is 2. The Morgan fingerprint density at radius 1 is 1.00 bits per heavy atom. The number of hydrogen-bond donors (Lipinski definition) is 2. The van der Waals surface area contributed by atoms with E-state index in [-0.39, 0.29) is 25.3 Å². The second kappa shape index (κ2) is 15.5. The van der Waals surface area contributed by atoms with E-state index in [4.69, 9.17) is 27.9 Å². The van der Waals surface area contributed by atoms with Gasteiger partial charge in [-0.2, -0.15) is 0 Å². The van der Waals surface area contributed by atoms with Crippen LogP contribution in [0.1, 0.15) is 44.2 Å². The average molecular weight is 668 g/mol. The van der Waals surface area contributed by atoms with Crippen LogP contribution in [-0.4, -0.2) is 72.7 Å². The van der Waals surface area contributed by atoms with Crippen LogP contribution in [-0.2, 0) is 19.6 Å². The van der Waals surface area contributed by atoms with Gasteiger partial charge in [0.2, 0.25) is 10.0 Å². The zero-order valence-electron chi connectivity index (χ0n) is 24.3. The molecule has 2 aliphatic rings. The molecule has 8 nitrogen and oxygen atoms in total. The van der Waals surface area contributed by atoms with E-state index in [1.807, 2.05) is 37.3 Å². The number of aliphatic hydroxyl groups excluding tert-OH is 2. The Morgan fingerprint density at radius 3 is 2.16 bits per heavy atom. The molecule has 238 valence electrons. The lowest BCUT2D eigenvalue weighted by molar-refractivity contribution is -0.167. The van der Waals surface area contributed by atoms with Crippen LogP contribution in [0.3, 0.4) is 0 Å². The summed E-state index contributed by atoms with van der Waals surface area (Å²) in [7, 11) is -3.86. The maximum atomic E-state index is 14.9. The summed E-state index contributed by atoms with van der Waals surface area (Å²) in [6.45, 7) is 1.28. The molecule has 12 heteroatoms. The molecule has 44 heavy (non-hydrogen) atoms. The maximum absolute atomic E-state index is 14.9. The van der Waals surface area contributed by atoms with Crippen LogP contribution in [0.15, 0.2) is 78.9 Å². The van der Waals surface area contributed by atoms with E-state index in [0.717, 1.165) is 14.9 Å². The lowest BCUT2D eigenvalue weighted by Crippen LogP contribution is -2.57. The summed E-state index contributed by atoms with van der Waals surface area (Å²) in [6, 6.07) is 20.9. The number of rotatable bonds is 11. The number of nitrogens with zero attached hydrogens (tertiary/aromatic N) is 2. The van der Waals surface area contributed by atoms with Gasteiger partial charge in [0.25, 0.3) is 5.91 Å². The number of anilines is 1. The molecule has 1 heterocycles. The van der Waals surface area contributed by atoms with Crippen molar-refractivity contribution >= 4 is 44.8 Å². The van der Waals surface area contributed by atoms with E-state index < -0.39 is 57.9 Å². The highest BCUT2D eigenvalue weighted by Crippen LogP contribution is 2.37. The van der Waals surface area contributed by atoms with Crippen molar-refractivity contribution in [2.45, 2.75) is 62.1 Å². The molecule has 1 saturated carbocycles. The van der Waals surface area contributed by atoms with E-state index >= 15 is 0 Å². The van der Waals surface area contributed by atoms with Crippen molar-refractivity contribution < 1.29 is 32.6 Å². The van der Waals surface area contributed by atoms with Crippen LogP contribution >= 0.6 is 23.2 Å². The molecule has 0 spiro atoms. The number of para-hydroxylation sites is 1. The number of hydrogen-bond acceptors (Lipinski definition) is 6. The first-order valence-corrected chi connectivity index (χ1v) is 16.8. The standard InChI is InChI=1S/C26H32ClFN2O6S.C6H5Cl/c1-2-19(14-29(37(34,35)21-11-12-21)23-6-4-3-5-22(23)28)30-24(17-7-9-18(27)10-8-17)16-36-25(26(30)33)13-20(32)15-31;7-6-4-2-1-3-5-6/h3-10,19-21,24-25,31-32H,2,11-16H2,1H3;1-5H. The lowest BCUT2D eigenvalue weighted by Gasteiger charge is -2.45. The van der Waals surface area contributed by atoms with Gasteiger partial charge in [-0.05, 0) is 61.2 Å². The average Bonchev–Trinajstić information content (AvgIpc) is 3.87. The molecular formula is C32H37Cl2FN2O6S. The third-order valence-corrected chi connectivity index (χ3v) is 10.4. The van der Waals surface area contributed by atoms with E-state index in [9.17, 15) is 27.8 Å². The molecule has 1 saturated heterocycles. The number of halogens is 3. The van der Waals surface area contributed by atoms with E-state index in [1.54, 1.807) is 35.2 Å². The van der Waals surface area contributed by atoms with Crippen LogP contribution in [0.2, 0.25) is 10.0 Å². The number of sulfonamides is 1. The van der Waals surface area contributed by atoms with Crippen LogP contribution in [0.5, 0.6) is 0 Å². The van der Waals surface area contributed by atoms with Gasteiger partial charge in [-0.3, -0.25) is 9.10 Å². The van der Waals surface area contributed by atoms with E-state index in [1.165, 1.54) is 18.2 Å². The van der Waals surface area contributed by atoms with Crippen molar-refractivity contribution in [3.05, 3.63) is 100 Å². The van der Waals surface area contributed by atoms with Crippen LogP contribution in [0.4, 0.5) is 10.1 Å². The third kappa shape index (κ3) is 8.50. The Balaban J connectivity index is 0.000000555. The van der Waals surface area contributed by atoms with E-state index in [2.05, 4.69) is 0 Å². The quantitative estimate of drug-likeness (QED) is 0.276. The summed E-state index contributed by atoms with van der Waals surface area (Å²) in [5.41, 5.74) is 0.698. The molecule has 0 bridgehead atoms. The van der Waals surface area contributed by atoms with Crippen LogP contribution < -0.4 is 4.31 Å². The van der Waals surface area contributed by atoms with Gasteiger partial charge in [0.1, 0.15) is 11.9 Å². The highest BCUT2D eigenvalue weighted by Gasteiger charge is 2.45. The summed E-state index contributed by atoms with van der Waals surface area (Å²) in [4.78, 5) is 15.3. The molecule has 0 aromatic heterocycles. The molecule has 3 aromatic rings. The zero-order chi connectivity index (χ0) is 31.9. The minimum absolute atomic E-state index is 0.0520. The number of amides is 1. The van der Waals surface area contributed by atoms with Crippen molar-refractivity contribution in [1.82, 2.24) is 4.90 Å². The fraction of sp³-hybridized carbons (Fsp3) is 0.406. The number of carbonyl (C=O) groups is 1. The van der Waals surface area contributed by atoms with Gasteiger partial charge in [-0.25, -0.2) is 12.8 Å². The molecule has 5 rings (SSSR count). The molecule has 1 aliphatic carbocycles. The van der Waals surface area contributed by atoms with Crippen LogP contribution in [0, 0.1) is 5.82 Å². The van der Waals surface area contributed by atoms with Crippen molar-refractivity contribution in [3.63, 3.8) is 0 Å². The number of carbonyl (C=O) groups excluding carboxylic acids is 1.